The second-order valence-corrected chi connectivity index (χ2v) is 10.5. The molecule has 1 aliphatic carbocycles. The average Bonchev–Trinajstić information content (AvgIpc) is 3.30. The van der Waals surface area contributed by atoms with E-state index in [9.17, 15) is 9.18 Å². The molecule has 0 aliphatic heterocycles. The highest BCUT2D eigenvalue weighted by Crippen LogP contribution is 2.33. The molecule has 4 rings (SSSR count). The molecule has 1 saturated carbocycles. The van der Waals surface area contributed by atoms with E-state index < -0.39 is 0 Å². The first kappa shape index (κ1) is 25.3. The summed E-state index contributed by atoms with van der Waals surface area (Å²) in [5.74, 6) is 1.60. The van der Waals surface area contributed by atoms with Crippen LogP contribution in [0, 0.1) is 11.7 Å². The third-order valence-electron chi connectivity index (χ3n) is 6.57. The molecule has 0 amide bonds. The lowest BCUT2D eigenvalue weighted by Gasteiger charge is -2.29. The van der Waals surface area contributed by atoms with E-state index in [0.717, 1.165) is 60.2 Å². The summed E-state index contributed by atoms with van der Waals surface area (Å²) in [5, 5.41) is 8.81. The lowest BCUT2D eigenvalue weighted by Crippen LogP contribution is -2.27. The van der Waals surface area contributed by atoms with Crippen LogP contribution in [-0.2, 0) is 11.2 Å². The maximum absolute atomic E-state index is 14.7. The smallest absolute Gasteiger partial charge is 0.229 e. The van der Waals surface area contributed by atoms with Crippen molar-refractivity contribution in [1.29, 1.82) is 0 Å². The predicted octanol–water partition coefficient (Wildman–Crippen LogP) is 6.18. The Hall–Kier alpha value is -2.84. The first-order chi connectivity index (χ1) is 16.9. The second kappa shape index (κ2) is 11.7. The minimum atomic E-state index is -0.213. The number of rotatable bonds is 11. The molecular formula is C27H34FN5OS. The molecule has 2 heterocycles. The largest absolute Gasteiger partial charge is 0.366 e. The second-order valence-electron chi connectivity index (χ2n) is 9.61. The number of fused-ring (bicyclic) bond motifs is 1. The van der Waals surface area contributed by atoms with Crippen LogP contribution < -0.4 is 10.6 Å². The molecule has 0 radical (unpaired) electrons. The molecule has 0 spiro atoms. The number of nitrogens with one attached hydrogen (secondary N) is 2. The predicted molar refractivity (Wildman–Crippen MR) is 143 cm³/mol. The number of carbonyl (C=O) groups excluding carboxylic acids is 1. The molecule has 0 atom stereocenters. The zero-order valence-electron chi connectivity index (χ0n) is 20.5. The van der Waals surface area contributed by atoms with E-state index in [1.165, 1.54) is 12.1 Å². The van der Waals surface area contributed by atoms with Crippen LogP contribution in [-0.4, -0.2) is 47.3 Å². The van der Waals surface area contributed by atoms with Crippen molar-refractivity contribution in [3.05, 3.63) is 53.7 Å². The number of anilines is 3. The molecule has 1 aliphatic rings. The highest BCUT2D eigenvalue weighted by Gasteiger charge is 2.23. The quantitative estimate of drug-likeness (QED) is 0.309. The Morgan fingerprint density at radius 1 is 1.23 bits per heavy atom. The van der Waals surface area contributed by atoms with Crippen LogP contribution in [0.4, 0.5) is 21.8 Å². The minimum absolute atomic E-state index is 0.131. The number of benzene rings is 1. The van der Waals surface area contributed by atoms with Gasteiger partial charge >= 0.3 is 0 Å². The molecular weight excluding hydrogens is 461 g/mol. The Balaban J connectivity index is 1.43. The fraction of sp³-hybridized carbons (Fsp3) is 0.444. The Kier molecular flexibility index (Phi) is 8.46. The molecule has 2 aromatic heterocycles. The monoisotopic (exact) mass is 495 g/mol. The van der Waals surface area contributed by atoms with Gasteiger partial charge in [0, 0.05) is 18.2 Å². The summed E-state index contributed by atoms with van der Waals surface area (Å²) in [6, 6.07) is 7.52. The van der Waals surface area contributed by atoms with Crippen molar-refractivity contribution >= 4 is 44.8 Å². The van der Waals surface area contributed by atoms with Crippen LogP contribution in [0.3, 0.4) is 0 Å². The SMILES string of the molecule is C=CC(=O)CC1CCC(Nc2nc(Nc3ccc(CCCN(C)C)c(F)c3)nc3ccsc23)CC1. The summed E-state index contributed by atoms with van der Waals surface area (Å²) in [4.78, 5) is 23.2. The van der Waals surface area contributed by atoms with Gasteiger partial charge in [0.15, 0.2) is 5.78 Å². The Labute approximate surface area is 210 Å². The molecule has 3 aromatic rings. The number of halogens is 1. The molecule has 6 nitrogen and oxygen atoms in total. The van der Waals surface area contributed by atoms with Gasteiger partial charge in [-0.2, -0.15) is 4.98 Å². The van der Waals surface area contributed by atoms with Gasteiger partial charge in [0.25, 0.3) is 0 Å². The Bertz CT molecular complexity index is 1170. The third-order valence-corrected chi connectivity index (χ3v) is 7.48. The first-order valence-corrected chi connectivity index (χ1v) is 13.2. The number of thiophene rings is 1. The van der Waals surface area contributed by atoms with Gasteiger partial charge in [-0.05, 0) is 100 Å². The van der Waals surface area contributed by atoms with Gasteiger partial charge in [-0.3, -0.25) is 4.79 Å². The molecule has 0 unspecified atom stereocenters. The van der Waals surface area contributed by atoms with Crippen molar-refractivity contribution in [3.8, 4) is 0 Å². The number of nitrogens with zero attached hydrogens (tertiary/aromatic N) is 3. The molecule has 8 heteroatoms. The van der Waals surface area contributed by atoms with Gasteiger partial charge in [-0.1, -0.05) is 12.6 Å². The molecule has 35 heavy (non-hydrogen) atoms. The van der Waals surface area contributed by atoms with Gasteiger partial charge < -0.3 is 15.5 Å². The topological polar surface area (TPSA) is 70.2 Å². The summed E-state index contributed by atoms with van der Waals surface area (Å²) >= 11 is 1.61. The van der Waals surface area contributed by atoms with Gasteiger partial charge in [0.05, 0.1) is 10.2 Å². The van der Waals surface area contributed by atoms with Crippen LogP contribution in [0.1, 0.15) is 44.1 Å². The van der Waals surface area contributed by atoms with Crippen molar-refractivity contribution < 1.29 is 9.18 Å². The first-order valence-electron chi connectivity index (χ1n) is 12.3. The van der Waals surface area contributed by atoms with E-state index in [4.69, 9.17) is 4.98 Å². The van der Waals surface area contributed by atoms with E-state index in [2.05, 4.69) is 27.1 Å². The van der Waals surface area contributed by atoms with E-state index in [-0.39, 0.29) is 11.6 Å². The van der Waals surface area contributed by atoms with E-state index in [1.807, 2.05) is 37.7 Å². The minimum Gasteiger partial charge on any atom is -0.366 e. The Morgan fingerprint density at radius 3 is 2.74 bits per heavy atom. The number of allylic oxidation sites excluding steroid dienone is 1. The summed E-state index contributed by atoms with van der Waals surface area (Å²) in [7, 11) is 4.04. The van der Waals surface area contributed by atoms with Crippen molar-refractivity contribution in [2.24, 2.45) is 5.92 Å². The summed E-state index contributed by atoms with van der Waals surface area (Å²) in [6.07, 6.45) is 7.67. The molecule has 2 N–H and O–H groups in total. The number of aromatic nitrogens is 2. The van der Waals surface area contributed by atoms with Gasteiger partial charge in [0.2, 0.25) is 5.95 Å². The molecule has 1 fully saturated rings. The maximum Gasteiger partial charge on any atom is 0.229 e. The summed E-state index contributed by atoms with van der Waals surface area (Å²) in [5.41, 5.74) is 2.21. The summed E-state index contributed by atoms with van der Waals surface area (Å²) < 4.78 is 15.7. The maximum atomic E-state index is 14.7. The number of hydrogen-bond donors (Lipinski definition) is 2. The molecule has 0 saturated heterocycles. The zero-order valence-corrected chi connectivity index (χ0v) is 21.3. The Morgan fingerprint density at radius 2 is 2.03 bits per heavy atom. The van der Waals surface area contributed by atoms with Crippen LogP contribution >= 0.6 is 11.3 Å². The van der Waals surface area contributed by atoms with E-state index in [1.54, 1.807) is 11.3 Å². The van der Waals surface area contributed by atoms with Gasteiger partial charge in [-0.15, -0.1) is 11.3 Å². The summed E-state index contributed by atoms with van der Waals surface area (Å²) in [6.45, 7) is 4.51. The van der Waals surface area contributed by atoms with E-state index in [0.29, 0.717) is 36.4 Å². The standard InChI is InChI=1S/C27H34FN5OS/c1-4-22(34)16-18-7-10-20(11-8-18)29-26-25-24(13-15-35-25)31-27(32-26)30-21-12-9-19(23(28)17-21)6-5-14-33(2)3/h4,9,12-13,15,17-18,20H,1,5-8,10-11,14,16H2,2-3H3,(H2,29,30,31,32). The fourth-order valence-electron chi connectivity index (χ4n) is 4.63. The molecule has 1 aromatic carbocycles. The number of hydrogen-bond acceptors (Lipinski definition) is 7. The lowest BCUT2D eigenvalue weighted by atomic mass is 9.83. The third kappa shape index (κ3) is 6.86. The lowest BCUT2D eigenvalue weighted by molar-refractivity contribution is -0.115. The van der Waals surface area contributed by atoms with Crippen molar-refractivity contribution in [2.45, 2.75) is 51.0 Å². The fourth-order valence-corrected chi connectivity index (χ4v) is 5.42. The number of aryl methyl sites for hydroxylation is 1. The van der Waals surface area contributed by atoms with Crippen molar-refractivity contribution in [1.82, 2.24) is 14.9 Å². The van der Waals surface area contributed by atoms with Crippen LogP contribution in [0.2, 0.25) is 0 Å². The van der Waals surface area contributed by atoms with Crippen LogP contribution in [0.25, 0.3) is 10.2 Å². The van der Waals surface area contributed by atoms with Gasteiger partial charge in [0.1, 0.15) is 11.6 Å². The highest BCUT2D eigenvalue weighted by molar-refractivity contribution is 7.17. The van der Waals surface area contributed by atoms with Crippen LogP contribution in [0.15, 0.2) is 42.3 Å². The normalized spacial score (nSPS) is 18.1. The highest BCUT2D eigenvalue weighted by atomic mass is 32.1. The molecule has 186 valence electrons. The van der Waals surface area contributed by atoms with E-state index >= 15 is 0 Å². The number of carbonyl (C=O) groups is 1. The van der Waals surface area contributed by atoms with Crippen molar-refractivity contribution in [3.63, 3.8) is 0 Å². The van der Waals surface area contributed by atoms with Gasteiger partial charge in [-0.25, -0.2) is 9.37 Å². The van der Waals surface area contributed by atoms with Crippen LogP contribution in [0.5, 0.6) is 0 Å². The molecule has 0 bridgehead atoms. The zero-order chi connectivity index (χ0) is 24.8. The average molecular weight is 496 g/mol. The number of ketones is 1. The van der Waals surface area contributed by atoms with Crippen molar-refractivity contribution in [2.75, 3.05) is 31.3 Å².